The van der Waals surface area contributed by atoms with Gasteiger partial charge in [-0.2, -0.15) is 0 Å². The molecule has 0 saturated heterocycles. The molecule has 0 radical (unpaired) electrons. The first kappa shape index (κ1) is 15.9. The number of likely N-dealkylation sites (N-methyl/N-ethyl adjacent to an activating group) is 1. The molecule has 17 heavy (non-hydrogen) atoms. The number of hydrogen-bond donors (Lipinski definition) is 1. The average Bonchev–Trinajstić information content (AvgIpc) is 2.25. The van der Waals surface area contributed by atoms with E-state index in [4.69, 9.17) is 5.73 Å². The van der Waals surface area contributed by atoms with Crippen LogP contribution in [0.2, 0.25) is 0 Å². The first-order valence-corrected chi connectivity index (χ1v) is 5.88. The molecule has 5 heteroatoms. The second-order valence-corrected chi connectivity index (χ2v) is 4.88. The fourth-order valence-electron chi connectivity index (χ4n) is 1.67. The third kappa shape index (κ3) is 5.68. The van der Waals surface area contributed by atoms with Gasteiger partial charge in [0.15, 0.2) is 0 Å². The summed E-state index contributed by atoms with van der Waals surface area (Å²) in [7, 11) is 2.99. The number of carbonyl (C=O) groups is 2. The molecule has 0 aromatic rings. The van der Waals surface area contributed by atoms with Gasteiger partial charge in [-0.25, -0.2) is 0 Å². The van der Waals surface area contributed by atoms with E-state index in [1.54, 1.807) is 14.0 Å². The van der Waals surface area contributed by atoms with Gasteiger partial charge in [0.25, 0.3) is 0 Å². The summed E-state index contributed by atoms with van der Waals surface area (Å²) >= 11 is 0. The van der Waals surface area contributed by atoms with Crippen molar-refractivity contribution in [2.75, 3.05) is 20.7 Å². The SMILES string of the molecule is COC(=O)C(C)CN(C)C(=O)[C@@H](N)CC(C)C. The van der Waals surface area contributed by atoms with Gasteiger partial charge >= 0.3 is 5.97 Å². The van der Waals surface area contributed by atoms with Crippen molar-refractivity contribution < 1.29 is 14.3 Å². The van der Waals surface area contributed by atoms with Crippen LogP contribution < -0.4 is 5.73 Å². The van der Waals surface area contributed by atoms with Crippen molar-refractivity contribution in [3.05, 3.63) is 0 Å². The van der Waals surface area contributed by atoms with Crippen LogP contribution in [0.5, 0.6) is 0 Å². The number of nitrogens with two attached hydrogens (primary N) is 1. The van der Waals surface area contributed by atoms with Gasteiger partial charge in [0, 0.05) is 13.6 Å². The predicted octanol–water partition coefficient (Wildman–Crippen LogP) is 0.627. The molecular formula is C12H24N2O3. The third-order valence-corrected chi connectivity index (χ3v) is 2.57. The van der Waals surface area contributed by atoms with Gasteiger partial charge in [-0.1, -0.05) is 20.8 Å². The Morgan fingerprint density at radius 3 is 2.24 bits per heavy atom. The van der Waals surface area contributed by atoms with E-state index in [-0.39, 0.29) is 17.8 Å². The summed E-state index contributed by atoms with van der Waals surface area (Å²) in [5.74, 6) is -0.405. The highest BCUT2D eigenvalue weighted by Gasteiger charge is 2.23. The zero-order valence-corrected chi connectivity index (χ0v) is 11.4. The largest absolute Gasteiger partial charge is 0.469 e. The Bertz CT molecular complexity index is 266. The molecule has 0 aliphatic heterocycles. The van der Waals surface area contributed by atoms with Crippen molar-refractivity contribution >= 4 is 11.9 Å². The van der Waals surface area contributed by atoms with Crippen molar-refractivity contribution in [2.24, 2.45) is 17.6 Å². The number of ether oxygens (including phenoxy) is 1. The molecule has 0 heterocycles. The van der Waals surface area contributed by atoms with Crippen LogP contribution in [0.3, 0.4) is 0 Å². The number of methoxy groups -OCH3 is 1. The minimum atomic E-state index is -0.496. The molecule has 0 fully saturated rings. The van der Waals surface area contributed by atoms with Gasteiger partial charge in [-0.3, -0.25) is 9.59 Å². The maximum absolute atomic E-state index is 11.9. The lowest BCUT2D eigenvalue weighted by atomic mass is 10.0. The van der Waals surface area contributed by atoms with Crippen molar-refractivity contribution in [1.82, 2.24) is 4.90 Å². The first-order valence-electron chi connectivity index (χ1n) is 5.88. The molecule has 5 nitrogen and oxygen atoms in total. The van der Waals surface area contributed by atoms with Crippen LogP contribution in [0.15, 0.2) is 0 Å². The van der Waals surface area contributed by atoms with E-state index in [0.29, 0.717) is 18.9 Å². The van der Waals surface area contributed by atoms with Crippen molar-refractivity contribution in [3.63, 3.8) is 0 Å². The number of rotatable bonds is 6. The standard InChI is InChI=1S/C12H24N2O3/c1-8(2)6-10(13)11(15)14(4)7-9(3)12(16)17-5/h8-10H,6-7,13H2,1-5H3/t9?,10-/m0/s1. The molecule has 0 spiro atoms. The van der Waals surface area contributed by atoms with E-state index in [2.05, 4.69) is 4.74 Å². The lowest BCUT2D eigenvalue weighted by Crippen LogP contribution is -2.44. The minimum Gasteiger partial charge on any atom is -0.469 e. The Morgan fingerprint density at radius 2 is 1.82 bits per heavy atom. The summed E-state index contributed by atoms with van der Waals surface area (Å²) in [6.07, 6.45) is 0.649. The number of amides is 1. The Balaban J connectivity index is 4.26. The van der Waals surface area contributed by atoms with Crippen LogP contribution in [-0.4, -0.2) is 43.5 Å². The number of hydrogen-bond acceptors (Lipinski definition) is 4. The first-order chi connectivity index (χ1) is 7.79. The highest BCUT2D eigenvalue weighted by atomic mass is 16.5. The molecule has 0 aromatic heterocycles. The molecule has 0 saturated carbocycles. The molecule has 0 bridgehead atoms. The quantitative estimate of drug-likeness (QED) is 0.695. The smallest absolute Gasteiger partial charge is 0.310 e. The number of carbonyl (C=O) groups excluding carboxylic acids is 2. The molecule has 2 N–H and O–H groups in total. The summed E-state index contributed by atoms with van der Waals surface area (Å²) in [4.78, 5) is 24.6. The summed E-state index contributed by atoms with van der Waals surface area (Å²) < 4.78 is 4.61. The summed E-state index contributed by atoms with van der Waals surface area (Å²) in [5, 5.41) is 0. The maximum Gasteiger partial charge on any atom is 0.310 e. The number of esters is 1. The molecule has 2 atom stereocenters. The van der Waals surface area contributed by atoms with Gasteiger partial charge in [0.2, 0.25) is 5.91 Å². The highest BCUT2D eigenvalue weighted by Crippen LogP contribution is 2.07. The molecule has 0 aromatic carbocycles. The van der Waals surface area contributed by atoms with Gasteiger partial charge in [0.05, 0.1) is 19.1 Å². The Labute approximate surface area is 103 Å². The van der Waals surface area contributed by atoms with Crippen molar-refractivity contribution in [3.8, 4) is 0 Å². The summed E-state index contributed by atoms with van der Waals surface area (Å²) in [5.41, 5.74) is 5.80. The van der Waals surface area contributed by atoms with Gasteiger partial charge < -0.3 is 15.4 Å². The lowest BCUT2D eigenvalue weighted by molar-refractivity contribution is -0.146. The molecule has 0 aliphatic rings. The molecule has 100 valence electrons. The minimum absolute atomic E-state index is 0.130. The molecule has 1 amide bonds. The monoisotopic (exact) mass is 244 g/mol. The summed E-state index contributed by atoms with van der Waals surface area (Å²) in [6, 6.07) is -0.496. The lowest BCUT2D eigenvalue weighted by Gasteiger charge is -2.24. The van der Waals surface area contributed by atoms with Crippen molar-refractivity contribution in [2.45, 2.75) is 33.2 Å². The van der Waals surface area contributed by atoms with Crippen LogP contribution in [-0.2, 0) is 14.3 Å². The third-order valence-electron chi connectivity index (χ3n) is 2.57. The Hall–Kier alpha value is -1.10. The Morgan fingerprint density at radius 1 is 1.29 bits per heavy atom. The topological polar surface area (TPSA) is 72.6 Å². The van der Waals surface area contributed by atoms with Crippen LogP contribution in [0, 0.1) is 11.8 Å². The average molecular weight is 244 g/mol. The molecule has 0 aliphatic carbocycles. The fourth-order valence-corrected chi connectivity index (χ4v) is 1.67. The maximum atomic E-state index is 11.9. The number of nitrogens with zero attached hydrogens (tertiary/aromatic N) is 1. The predicted molar refractivity (Wildman–Crippen MR) is 66.2 cm³/mol. The van der Waals surface area contributed by atoms with E-state index in [9.17, 15) is 9.59 Å². The van der Waals surface area contributed by atoms with Gasteiger partial charge in [-0.05, 0) is 12.3 Å². The molecular weight excluding hydrogens is 220 g/mol. The van der Waals surface area contributed by atoms with E-state index < -0.39 is 6.04 Å². The van der Waals surface area contributed by atoms with Crippen LogP contribution in [0.1, 0.15) is 27.2 Å². The Kier molecular flexibility index (Phi) is 6.80. The van der Waals surface area contributed by atoms with Gasteiger partial charge in [-0.15, -0.1) is 0 Å². The van der Waals surface area contributed by atoms with Crippen LogP contribution >= 0.6 is 0 Å². The fraction of sp³-hybridized carbons (Fsp3) is 0.833. The van der Waals surface area contributed by atoms with Crippen LogP contribution in [0.4, 0.5) is 0 Å². The van der Waals surface area contributed by atoms with Crippen LogP contribution in [0.25, 0.3) is 0 Å². The molecule has 1 unspecified atom stereocenters. The zero-order valence-electron chi connectivity index (χ0n) is 11.4. The van der Waals surface area contributed by atoms with E-state index in [1.807, 2.05) is 13.8 Å². The zero-order chi connectivity index (χ0) is 13.6. The molecule has 0 rings (SSSR count). The summed E-state index contributed by atoms with van der Waals surface area (Å²) in [6.45, 7) is 6.09. The van der Waals surface area contributed by atoms with E-state index >= 15 is 0 Å². The van der Waals surface area contributed by atoms with E-state index in [1.165, 1.54) is 12.0 Å². The van der Waals surface area contributed by atoms with Gasteiger partial charge in [0.1, 0.15) is 0 Å². The normalized spacial score (nSPS) is 14.3. The second kappa shape index (κ2) is 7.27. The van der Waals surface area contributed by atoms with Crippen molar-refractivity contribution in [1.29, 1.82) is 0 Å². The highest BCUT2D eigenvalue weighted by molar-refractivity contribution is 5.82. The second-order valence-electron chi connectivity index (χ2n) is 4.88. The van der Waals surface area contributed by atoms with E-state index in [0.717, 1.165) is 0 Å².